The van der Waals surface area contributed by atoms with Gasteiger partial charge in [0.15, 0.2) is 5.82 Å². The molecule has 0 radical (unpaired) electrons. The van der Waals surface area contributed by atoms with Crippen LogP contribution in [0.5, 0.6) is 0 Å². The molecule has 2 aromatic heterocycles. The van der Waals surface area contributed by atoms with E-state index in [0.29, 0.717) is 0 Å². The van der Waals surface area contributed by atoms with Gasteiger partial charge in [-0.15, -0.1) is 0 Å². The number of pyridine rings is 1. The van der Waals surface area contributed by atoms with Crippen LogP contribution in [0.4, 0.5) is 0 Å². The van der Waals surface area contributed by atoms with Gasteiger partial charge in [0.2, 0.25) is 0 Å². The predicted octanol–water partition coefficient (Wildman–Crippen LogP) is 1.57. The van der Waals surface area contributed by atoms with Crippen LogP contribution < -0.4 is 5.59 Å². The molecule has 2 aromatic rings. The van der Waals surface area contributed by atoms with Gasteiger partial charge in [0.1, 0.15) is 0 Å². The molecule has 0 aliphatic carbocycles. The predicted molar refractivity (Wildman–Crippen MR) is 77.1 cm³/mol. The summed E-state index contributed by atoms with van der Waals surface area (Å²) in [5.41, 5.74) is 0.0407. The highest BCUT2D eigenvalue weighted by Gasteiger charge is 2.52. The molecule has 0 saturated carbocycles. The quantitative estimate of drug-likeness (QED) is 0.778. The molecule has 0 unspecified atom stereocenters. The molecule has 1 aliphatic rings. The lowest BCUT2D eigenvalue weighted by Gasteiger charge is -2.32. The first-order valence-electron chi connectivity index (χ1n) is 6.72. The second-order valence-electron chi connectivity index (χ2n) is 5.96. The highest BCUT2D eigenvalue weighted by molar-refractivity contribution is 6.61. The third-order valence-electron chi connectivity index (χ3n) is 3.99. The number of hydrogen-bond donors (Lipinski definition) is 0. The summed E-state index contributed by atoms with van der Waals surface area (Å²) in [6.45, 7) is 8.13. The third-order valence-corrected chi connectivity index (χ3v) is 3.99. The second kappa shape index (κ2) is 4.43. The molecule has 0 spiro atoms. The van der Waals surface area contributed by atoms with Crippen molar-refractivity contribution in [1.82, 2.24) is 14.8 Å². The lowest BCUT2D eigenvalue weighted by molar-refractivity contribution is 0.00578. The van der Waals surface area contributed by atoms with Gasteiger partial charge in [-0.25, -0.2) is 9.67 Å². The summed E-state index contributed by atoms with van der Waals surface area (Å²) in [5.74, 6) is 0.752. The minimum absolute atomic E-state index is 0.360. The Labute approximate surface area is 119 Å². The van der Waals surface area contributed by atoms with Gasteiger partial charge in [0.05, 0.1) is 16.8 Å². The fourth-order valence-electron chi connectivity index (χ4n) is 2.07. The molecular weight excluding hydrogens is 253 g/mol. The van der Waals surface area contributed by atoms with E-state index in [1.165, 1.54) is 0 Å². The van der Waals surface area contributed by atoms with Gasteiger partial charge in [0.25, 0.3) is 0 Å². The van der Waals surface area contributed by atoms with Crippen LogP contribution >= 0.6 is 0 Å². The maximum atomic E-state index is 6.01. The smallest absolute Gasteiger partial charge is 0.398 e. The zero-order valence-electron chi connectivity index (χ0n) is 12.2. The molecule has 0 atom stereocenters. The summed E-state index contributed by atoms with van der Waals surface area (Å²) in [6.07, 6.45) is 3.58. The first kappa shape index (κ1) is 13.3. The Kier molecular flexibility index (Phi) is 2.95. The number of aromatic nitrogens is 3. The molecule has 0 amide bonds. The highest BCUT2D eigenvalue weighted by Crippen LogP contribution is 2.36. The average Bonchev–Trinajstić information content (AvgIpc) is 2.97. The van der Waals surface area contributed by atoms with E-state index >= 15 is 0 Å². The Morgan fingerprint density at radius 1 is 1.05 bits per heavy atom. The van der Waals surface area contributed by atoms with Gasteiger partial charge < -0.3 is 9.31 Å². The number of nitrogens with zero attached hydrogens (tertiary/aromatic N) is 3. The summed E-state index contributed by atoms with van der Waals surface area (Å²) in [5, 5.41) is 4.18. The van der Waals surface area contributed by atoms with Gasteiger partial charge in [0, 0.05) is 12.4 Å². The SMILES string of the molecule is CC1(C)OB(c2cccc(-n3cccn3)n2)OC1(C)C. The molecule has 3 heterocycles. The van der Waals surface area contributed by atoms with Gasteiger partial charge >= 0.3 is 7.12 Å². The first-order valence-corrected chi connectivity index (χ1v) is 6.72. The van der Waals surface area contributed by atoms with E-state index in [1.807, 2.05) is 58.2 Å². The first-order chi connectivity index (χ1) is 9.39. The largest absolute Gasteiger partial charge is 0.514 e. The fraction of sp³-hybridized carbons (Fsp3) is 0.429. The lowest BCUT2D eigenvalue weighted by atomic mass is 9.84. The van der Waals surface area contributed by atoms with E-state index in [0.717, 1.165) is 11.4 Å². The Morgan fingerprint density at radius 2 is 1.75 bits per heavy atom. The minimum Gasteiger partial charge on any atom is -0.398 e. The average molecular weight is 271 g/mol. The van der Waals surface area contributed by atoms with Gasteiger partial charge in [-0.1, -0.05) is 6.07 Å². The van der Waals surface area contributed by atoms with Crippen LogP contribution in [0, 0.1) is 0 Å². The Morgan fingerprint density at radius 3 is 2.35 bits per heavy atom. The molecule has 0 aromatic carbocycles. The summed E-state index contributed by atoms with van der Waals surface area (Å²) < 4.78 is 13.7. The zero-order valence-corrected chi connectivity index (χ0v) is 12.2. The van der Waals surface area contributed by atoms with Crippen molar-refractivity contribution in [3.05, 3.63) is 36.7 Å². The van der Waals surface area contributed by atoms with Crippen LogP contribution in [0.25, 0.3) is 5.82 Å². The summed E-state index contributed by atoms with van der Waals surface area (Å²) in [6, 6.07) is 7.62. The molecular formula is C14H18BN3O2. The van der Waals surface area contributed by atoms with Crippen molar-refractivity contribution in [2.75, 3.05) is 0 Å². The van der Waals surface area contributed by atoms with Crippen molar-refractivity contribution in [2.24, 2.45) is 0 Å². The van der Waals surface area contributed by atoms with Crippen LogP contribution in [0.15, 0.2) is 36.7 Å². The molecule has 104 valence electrons. The topological polar surface area (TPSA) is 49.2 Å². The van der Waals surface area contributed by atoms with E-state index in [1.54, 1.807) is 10.9 Å². The zero-order chi connectivity index (χ0) is 14.4. The maximum absolute atomic E-state index is 6.01. The summed E-state index contributed by atoms with van der Waals surface area (Å²) >= 11 is 0. The van der Waals surface area contributed by atoms with Crippen molar-refractivity contribution in [3.63, 3.8) is 0 Å². The molecule has 5 nitrogen and oxygen atoms in total. The molecule has 3 rings (SSSR count). The van der Waals surface area contributed by atoms with Crippen LogP contribution in [0.3, 0.4) is 0 Å². The molecule has 6 heteroatoms. The molecule has 0 bridgehead atoms. The number of rotatable bonds is 2. The molecule has 20 heavy (non-hydrogen) atoms. The Balaban J connectivity index is 1.91. The van der Waals surface area contributed by atoms with Gasteiger partial charge in [-0.2, -0.15) is 5.10 Å². The molecule has 1 saturated heterocycles. The molecule has 0 N–H and O–H groups in total. The fourth-order valence-corrected chi connectivity index (χ4v) is 2.07. The number of hydrogen-bond acceptors (Lipinski definition) is 4. The van der Waals surface area contributed by atoms with Crippen LogP contribution in [0.1, 0.15) is 27.7 Å². The molecule has 1 fully saturated rings. The monoisotopic (exact) mass is 271 g/mol. The summed E-state index contributed by atoms with van der Waals surface area (Å²) in [4.78, 5) is 4.58. The second-order valence-corrected chi connectivity index (χ2v) is 5.96. The van der Waals surface area contributed by atoms with E-state index < -0.39 is 7.12 Å². The van der Waals surface area contributed by atoms with E-state index in [2.05, 4.69) is 10.1 Å². The van der Waals surface area contributed by atoms with Crippen molar-refractivity contribution >= 4 is 12.7 Å². The van der Waals surface area contributed by atoms with Crippen LogP contribution in [-0.2, 0) is 9.31 Å². The van der Waals surface area contributed by atoms with Crippen LogP contribution in [0.2, 0.25) is 0 Å². The lowest BCUT2D eigenvalue weighted by Crippen LogP contribution is -2.41. The highest BCUT2D eigenvalue weighted by atomic mass is 16.7. The summed E-state index contributed by atoms with van der Waals surface area (Å²) in [7, 11) is -0.449. The van der Waals surface area contributed by atoms with Crippen molar-refractivity contribution in [2.45, 2.75) is 38.9 Å². The van der Waals surface area contributed by atoms with Crippen molar-refractivity contribution < 1.29 is 9.31 Å². The van der Waals surface area contributed by atoms with E-state index in [-0.39, 0.29) is 11.2 Å². The molecule has 1 aliphatic heterocycles. The third kappa shape index (κ3) is 2.15. The Bertz CT molecular complexity index is 595. The maximum Gasteiger partial charge on any atom is 0.514 e. The Hall–Kier alpha value is -1.66. The normalized spacial score (nSPS) is 20.3. The van der Waals surface area contributed by atoms with Crippen LogP contribution in [-0.4, -0.2) is 33.1 Å². The van der Waals surface area contributed by atoms with Crippen molar-refractivity contribution in [3.8, 4) is 5.82 Å². The minimum atomic E-state index is -0.449. The van der Waals surface area contributed by atoms with Gasteiger partial charge in [-0.3, -0.25) is 0 Å². The standard InChI is InChI=1S/C14H18BN3O2/c1-13(2)14(3,4)20-15(19-13)11-7-5-8-12(17-11)18-10-6-9-16-18/h5-10H,1-4H3. The van der Waals surface area contributed by atoms with Crippen molar-refractivity contribution in [1.29, 1.82) is 0 Å². The van der Waals surface area contributed by atoms with E-state index in [4.69, 9.17) is 9.31 Å². The van der Waals surface area contributed by atoms with E-state index in [9.17, 15) is 0 Å². The van der Waals surface area contributed by atoms with Gasteiger partial charge in [-0.05, 0) is 45.9 Å².